The van der Waals surface area contributed by atoms with Crippen LogP contribution < -0.4 is 0 Å². The number of hydrogen-bond donors (Lipinski definition) is 0. The molecule has 0 unspecified atom stereocenters. The van der Waals surface area contributed by atoms with Crippen LogP contribution in [0.5, 0.6) is 0 Å². The summed E-state index contributed by atoms with van der Waals surface area (Å²) in [6, 6.07) is 6.34. The number of alkyl halides is 3. The van der Waals surface area contributed by atoms with Crippen LogP contribution in [0.1, 0.15) is 25.3 Å². The van der Waals surface area contributed by atoms with E-state index in [4.69, 9.17) is 9.57 Å². The van der Waals surface area contributed by atoms with Gasteiger partial charge in [0.1, 0.15) is 6.10 Å². The maximum absolute atomic E-state index is 12.5. The van der Waals surface area contributed by atoms with E-state index >= 15 is 0 Å². The van der Waals surface area contributed by atoms with Crippen LogP contribution in [0.2, 0.25) is 0 Å². The highest BCUT2D eigenvalue weighted by atomic mass is 19.4. The first-order valence-corrected chi connectivity index (χ1v) is 7.73. The lowest BCUT2D eigenvalue weighted by molar-refractivity contribution is -0.197. The van der Waals surface area contributed by atoms with E-state index in [-0.39, 0.29) is 18.3 Å². The summed E-state index contributed by atoms with van der Waals surface area (Å²) >= 11 is 0. The summed E-state index contributed by atoms with van der Waals surface area (Å²) in [6.07, 6.45) is -5.36. The Morgan fingerprint density at radius 3 is 2.46 bits per heavy atom. The lowest BCUT2D eigenvalue weighted by Crippen LogP contribution is -2.38. The van der Waals surface area contributed by atoms with Gasteiger partial charge in [-0.25, -0.2) is 5.06 Å². The Morgan fingerprint density at radius 1 is 1.31 bits per heavy atom. The second-order valence-corrected chi connectivity index (χ2v) is 5.29. The van der Waals surface area contributed by atoms with Gasteiger partial charge in [-0.2, -0.15) is 18.2 Å². The third-order valence-corrected chi connectivity index (χ3v) is 3.44. The molecule has 0 bridgehead atoms. The van der Waals surface area contributed by atoms with Gasteiger partial charge in [0.2, 0.25) is 5.82 Å². The number of amides is 1. The average molecular weight is 373 g/mol. The number of ether oxygens (including phenoxy) is 1. The van der Waals surface area contributed by atoms with Crippen molar-refractivity contribution in [2.75, 3.05) is 13.7 Å². The van der Waals surface area contributed by atoms with E-state index < -0.39 is 18.2 Å². The van der Waals surface area contributed by atoms with Crippen molar-refractivity contribution in [3.63, 3.8) is 0 Å². The largest absolute Gasteiger partial charge is 0.471 e. The van der Waals surface area contributed by atoms with E-state index in [1.54, 1.807) is 26.0 Å². The highest BCUT2D eigenvalue weighted by Crippen LogP contribution is 2.29. The Labute approximate surface area is 147 Å². The summed E-state index contributed by atoms with van der Waals surface area (Å²) < 4.78 is 46.7. The van der Waals surface area contributed by atoms with Crippen molar-refractivity contribution in [1.29, 1.82) is 0 Å². The van der Waals surface area contributed by atoms with Gasteiger partial charge in [-0.3, -0.25) is 9.63 Å². The third-order valence-electron chi connectivity index (χ3n) is 3.44. The van der Waals surface area contributed by atoms with Gasteiger partial charge < -0.3 is 9.26 Å². The normalized spacial score (nSPS) is 12.8. The van der Waals surface area contributed by atoms with E-state index in [1.807, 2.05) is 0 Å². The first-order chi connectivity index (χ1) is 12.3. The Morgan fingerprint density at radius 2 is 1.96 bits per heavy atom. The fourth-order valence-corrected chi connectivity index (χ4v) is 2.03. The van der Waals surface area contributed by atoms with Crippen molar-refractivity contribution >= 4 is 5.91 Å². The van der Waals surface area contributed by atoms with Crippen LogP contribution in [0.3, 0.4) is 0 Å². The van der Waals surface area contributed by atoms with Gasteiger partial charge in [-0.15, -0.1) is 0 Å². The van der Waals surface area contributed by atoms with Gasteiger partial charge in [0, 0.05) is 12.7 Å². The number of hydroxylamine groups is 2. The molecule has 1 amide bonds. The number of hydrogen-bond acceptors (Lipinski definition) is 6. The predicted octanol–water partition coefficient (Wildman–Crippen LogP) is 3.07. The van der Waals surface area contributed by atoms with Crippen molar-refractivity contribution < 1.29 is 32.1 Å². The van der Waals surface area contributed by atoms with E-state index in [1.165, 1.54) is 24.3 Å². The molecule has 0 N–H and O–H groups in total. The van der Waals surface area contributed by atoms with E-state index in [0.717, 1.165) is 0 Å². The highest BCUT2D eigenvalue weighted by Gasteiger charge is 2.38. The maximum Gasteiger partial charge on any atom is 0.471 e. The standard InChI is InChI=1S/C16H18F3N3O4/c1-4-25-22(14(23)10(2)24-3)9-11-5-7-12(8-6-11)13-20-15(26-21-13)16(17,18)19/h5-8,10H,4,9H2,1-3H3/t10-/m0/s1. The first-order valence-electron chi connectivity index (χ1n) is 7.73. The minimum absolute atomic E-state index is 0.153. The van der Waals surface area contributed by atoms with Crippen LogP contribution in [0.25, 0.3) is 11.4 Å². The van der Waals surface area contributed by atoms with Crippen molar-refractivity contribution in [3.8, 4) is 11.4 Å². The molecule has 26 heavy (non-hydrogen) atoms. The zero-order valence-corrected chi connectivity index (χ0v) is 14.4. The van der Waals surface area contributed by atoms with Crippen LogP contribution >= 0.6 is 0 Å². The number of nitrogens with zero attached hydrogens (tertiary/aromatic N) is 3. The van der Waals surface area contributed by atoms with Crippen molar-refractivity contribution in [1.82, 2.24) is 15.2 Å². The summed E-state index contributed by atoms with van der Waals surface area (Å²) in [7, 11) is 1.42. The zero-order chi connectivity index (χ0) is 19.3. The fraction of sp³-hybridized carbons (Fsp3) is 0.438. The molecule has 7 nitrogen and oxygen atoms in total. The summed E-state index contributed by atoms with van der Waals surface area (Å²) in [5.41, 5.74) is 1.06. The molecule has 142 valence electrons. The number of methoxy groups -OCH3 is 1. The molecule has 0 saturated carbocycles. The molecule has 1 heterocycles. The molecule has 1 aromatic heterocycles. The van der Waals surface area contributed by atoms with E-state index in [0.29, 0.717) is 17.7 Å². The molecule has 0 aliphatic heterocycles. The quantitative estimate of drug-likeness (QED) is 0.694. The second-order valence-electron chi connectivity index (χ2n) is 5.29. The summed E-state index contributed by atoms with van der Waals surface area (Å²) in [5, 5.41) is 4.50. The van der Waals surface area contributed by atoms with Crippen LogP contribution in [0.4, 0.5) is 13.2 Å². The minimum atomic E-state index is -4.69. The molecule has 0 spiro atoms. The summed E-state index contributed by atoms with van der Waals surface area (Å²) in [6.45, 7) is 3.80. The molecule has 0 aliphatic rings. The van der Waals surface area contributed by atoms with Crippen LogP contribution in [-0.2, 0) is 27.1 Å². The lowest BCUT2D eigenvalue weighted by atomic mass is 10.1. The fourth-order valence-electron chi connectivity index (χ4n) is 2.03. The van der Waals surface area contributed by atoms with E-state index in [2.05, 4.69) is 14.7 Å². The Balaban J connectivity index is 2.13. The topological polar surface area (TPSA) is 77.7 Å². The molecule has 2 aromatic rings. The predicted molar refractivity (Wildman–Crippen MR) is 83.4 cm³/mol. The zero-order valence-electron chi connectivity index (χ0n) is 14.4. The number of aromatic nitrogens is 2. The number of halogens is 3. The van der Waals surface area contributed by atoms with Gasteiger partial charge in [-0.05, 0) is 19.4 Å². The number of carbonyl (C=O) groups is 1. The Hall–Kier alpha value is -2.46. The number of rotatable bonds is 7. The van der Waals surface area contributed by atoms with Crippen LogP contribution in [-0.4, -0.2) is 40.9 Å². The van der Waals surface area contributed by atoms with E-state index in [9.17, 15) is 18.0 Å². The Bertz CT molecular complexity index is 731. The first kappa shape index (κ1) is 19.9. The molecule has 1 aromatic carbocycles. The molecule has 0 aliphatic carbocycles. The van der Waals surface area contributed by atoms with Crippen molar-refractivity contribution in [2.45, 2.75) is 32.7 Å². The monoisotopic (exact) mass is 373 g/mol. The highest BCUT2D eigenvalue weighted by molar-refractivity contribution is 5.79. The van der Waals surface area contributed by atoms with Gasteiger partial charge in [0.05, 0.1) is 13.2 Å². The summed E-state index contributed by atoms with van der Waals surface area (Å²) in [4.78, 5) is 20.8. The molecule has 0 saturated heterocycles. The summed E-state index contributed by atoms with van der Waals surface area (Å²) in [5.74, 6) is -1.92. The Kier molecular flexibility index (Phi) is 6.32. The molecular weight excluding hydrogens is 355 g/mol. The van der Waals surface area contributed by atoms with Gasteiger partial charge >= 0.3 is 12.1 Å². The number of carbonyl (C=O) groups excluding carboxylic acids is 1. The molecule has 1 atom stereocenters. The molecule has 2 rings (SSSR count). The minimum Gasteiger partial charge on any atom is -0.372 e. The molecule has 0 radical (unpaired) electrons. The van der Waals surface area contributed by atoms with Gasteiger partial charge in [0.25, 0.3) is 5.91 Å². The number of benzene rings is 1. The maximum atomic E-state index is 12.5. The average Bonchev–Trinajstić information content (AvgIpc) is 3.11. The van der Waals surface area contributed by atoms with Gasteiger partial charge in [-0.1, -0.05) is 29.4 Å². The third kappa shape index (κ3) is 4.79. The van der Waals surface area contributed by atoms with Crippen LogP contribution in [0, 0.1) is 0 Å². The molecular formula is C16H18F3N3O4. The van der Waals surface area contributed by atoms with Crippen molar-refractivity contribution in [3.05, 3.63) is 35.7 Å². The van der Waals surface area contributed by atoms with Gasteiger partial charge in [0.15, 0.2) is 0 Å². The van der Waals surface area contributed by atoms with Crippen molar-refractivity contribution in [2.24, 2.45) is 0 Å². The SMILES string of the molecule is CCON(Cc1ccc(-c2noc(C(F)(F)F)n2)cc1)C(=O)[C@H](C)OC. The molecule has 0 fully saturated rings. The molecule has 10 heteroatoms. The smallest absolute Gasteiger partial charge is 0.372 e. The lowest BCUT2D eigenvalue weighted by Gasteiger charge is -2.23. The van der Waals surface area contributed by atoms with Crippen LogP contribution in [0.15, 0.2) is 28.8 Å². The second kappa shape index (κ2) is 8.28.